The van der Waals surface area contributed by atoms with E-state index < -0.39 is 10.0 Å². The highest BCUT2D eigenvalue weighted by Gasteiger charge is 2.19. The number of hydrogen-bond acceptors (Lipinski definition) is 5. The summed E-state index contributed by atoms with van der Waals surface area (Å²) in [5.41, 5.74) is 6.43. The zero-order valence-corrected chi connectivity index (χ0v) is 10.8. The van der Waals surface area contributed by atoms with Crippen molar-refractivity contribution in [2.75, 3.05) is 10.5 Å². The molecule has 0 bridgehead atoms. The molecule has 1 aromatic carbocycles. The first kappa shape index (κ1) is 12.4. The fourth-order valence-corrected chi connectivity index (χ4v) is 2.47. The number of aromatic nitrogens is 1. The Morgan fingerprint density at radius 2 is 1.94 bits per heavy atom. The molecule has 1 aromatic heterocycles. The molecule has 0 saturated carbocycles. The molecule has 3 N–H and O–H groups in total. The van der Waals surface area contributed by atoms with E-state index in [-0.39, 0.29) is 16.6 Å². The summed E-state index contributed by atoms with van der Waals surface area (Å²) in [6, 6.07) is 6.12. The lowest BCUT2D eigenvalue weighted by Crippen LogP contribution is -2.14. The van der Waals surface area contributed by atoms with Crippen LogP contribution in [0, 0.1) is 13.8 Å². The normalized spacial score (nSPS) is 11.4. The number of oxazole rings is 1. The number of aryl methyl sites for hydroxylation is 2. The van der Waals surface area contributed by atoms with Crippen LogP contribution in [-0.4, -0.2) is 13.4 Å². The van der Waals surface area contributed by atoms with Gasteiger partial charge in [-0.2, -0.15) is 4.98 Å². The fraction of sp³-hybridized carbons (Fsp3) is 0.182. The van der Waals surface area contributed by atoms with Crippen molar-refractivity contribution < 1.29 is 12.8 Å². The Kier molecular flexibility index (Phi) is 3.00. The van der Waals surface area contributed by atoms with Gasteiger partial charge < -0.3 is 10.2 Å². The highest BCUT2D eigenvalue weighted by atomic mass is 32.2. The van der Waals surface area contributed by atoms with Gasteiger partial charge in [0.25, 0.3) is 10.0 Å². The number of para-hydroxylation sites is 1. The van der Waals surface area contributed by atoms with Gasteiger partial charge in [0.2, 0.25) is 0 Å². The molecule has 7 heteroatoms. The quantitative estimate of drug-likeness (QED) is 0.824. The average Bonchev–Trinajstić information content (AvgIpc) is 2.57. The van der Waals surface area contributed by atoms with Crippen molar-refractivity contribution >= 4 is 21.7 Å². The van der Waals surface area contributed by atoms with Gasteiger partial charge in [0.15, 0.2) is 0 Å². The Hall–Kier alpha value is -2.02. The summed E-state index contributed by atoms with van der Waals surface area (Å²) >= 11 is 0. The lowest BCUT2D eigenvalue weighted by molar-refractivity contribution is 0.542. The molecule has 0 aliphatic carbocycles. The van der Waals surface area contributed by atoms with Crippen LogP contribution >= 0.6 is 0 Å². The maximum atomic E-state index is 12.1. The van der Waals surface area contributed by atoms with Gasteiger partial charge in [-0.25, -0.2) is 13.1 Å². The summed E-state index contributed by atoms with van der Waals surface area (Å²) < 4.78 is 31.5. The second-order valence-corrected chi connectivity index (χ2v) is 5.45. The summed E-state index contributed by atoms with van der Waals surface area (Å²) in [4.78, 5) is 3.95. The standard InChI is InChI=1S/C11H13N3O3S/c1-7-8(2)17-11(13-7)14-18(15,16)10-6-4-3-5-9(10)12/h3-6H,12H2,1-2H3,(H,13,14). The predicted molar refractivity (Wildman–Crippen MR) is 67.6 cm³/mol. The van der Waals surface area contributed by atoms with E-state index in [0.717, 1.165) is 0 Å². The van der Waals surface area contributed by atoms with Gasteiger partial charge in [-0.15, -0.1) is 0 Å². The summed E-state index contributed by atoms with van der Waals surface area (Å²) in [5, 5.41) is 0. The van der Waals surface area contributed by atoms with Crippen LogP contribution in [0.15, 0.2) is 33.6 Å². The smallest absolute Gasteiger partial charge is 0.309 e. The van der Waals surface area contributed by atoms with Crippen molar-refractivity contribution in [1.82, 2.24) is 4.98 Å². The van der Waals surface area contributed by atoms with Gasteiger partial charge in [-0.3, -0.25) is 0 Å². The third-order valence-electron chi connectivity index (χ3n) is 2.46. The maximum absolute atomic E-state index is 12.1. The molecule has 1 heterocycles. The minimum absolute atomic E-state index is 0.00138. The minimum atomic E-state index is -3.78. The molecule has 18 heavy (non-hydrogen) atoms. The van der Waals surface area contributed by atoms with Gasteiger partial charge in [-0.1, -0.05) is 12.1 Å². The second kappa shape index (κ2) is 4.34. The van der Waals surface area contributed by atoms with E-state index in [1.165, 1.54) is 12.1 Å². The zero-order valence-electron chi connectivity index (χ0n) is 9.97. The second-order valence-electron chi connectivity index (χ2n) is 3.80. The Morgan fingerprint density at radius 1 is 1.28 bits per heavy atom. The number of nitrogen functional groups attached to an aromatic ring is 1. The maximum Gasteiger partial charge on any atom is 0.309 e. The summed E-state index contributed by atoms with van der Waals surface area (Å²) in [6.45, 7) is 3.44. The van der Waals surface area contributed by atoms with Gasteiger partial charge in [-0.05, 0) is 26.0 Å². The lowest BCUT2D eigenvalue weighted by Gasteiger charge is -2.06. The average molecular weight is 267 g/mol. The van der Waals surface area contributed by atoms with E-state index in [4.69, 9.17) is 10.2 Å². The van der Waals surface area contributed by atoms with E-state index in [2.05, 4.69) is 9.71 Å². The van der Waals surface area contributed by atoms with Crippen LogP contribution in [0.5, 0.6) is 0 Å². The van der Waals surface area contributed by atoms with Crippen LogP contribution in [0.3, 0.4) is 0 Å². The SMILES string of the molecule is Cc1nc(NS(=O)(=O)c2ccccc2N)oc1C. The predicted octanol–water partition coefficient (Wildman–Crippen LogP) is 1.67. The number of rotatable bonds is 3. The van der Waals surface area contributed by atoms with Crippen molar-refractivity contribution in [3.8, 4) is 0 Å². The Labute approximate surface area is 105 Å². The largest absolute Gasteiger partial charge is 0.428 e. The van der Waals surface area contributed by atoms with E-state index in [1.807, 2.05) is 0 Å². The van der Waals surface area contributed by atoms with E-state index in [1.54, 1.807) is 26.0 Å². The van der Waals surface area contributed by atoms with Crippen molar-refractivity contribution in [2.45, 2.75) is 18.7 Å². The van der Waals surface area contributed by atoms with Gasteiger partial charge in [0.1, 0.15) is 10.7 Å². The molecule has 0 saturated heterocycles. The number of hydrogen-bond donors (Lipinski definition) is 2. The van der Waals surface area contributed by atoms with Crippen LogP contribution in [0.4, 0.5) is 11.7 Å². The molecule has 0 fully saturated rings. The van der Waals surface area contributed by atoms with Crippen molar-refractivity contribution in [1.29, 1.82) is 0 Å². The first-order chi connectivity index (χ1) is 8.40. The number of benzene rings is 1. The lowest BCUT2D eigenvalue weighted by atomic mass is 10.3. The van der Waals surface area contributed by atoms with E-state index in [0.29, 0.717) is 11.5 Å². The third kappa shape index (κ3) is 2.30. The molecule has 2 rings (SSSR count). The molecule has 0 spiro atoms. The number of nitrogens with zero attached hydrogens (tertiary/aromatic N) is 1. The zero-order chi connectivity index (χ0) is 13.3. The van der Waals surface area contributed by atoms with Gasteiger partial charge in [0, 0.05) is 0 Å². The number of sulfonamides is 1. The highest BCUT2D eigenvalue weighted by molar-refractivity contribution is 7.92. The molecule has 0 unspecified atom stereocenters. The number of nitrogens with two attached hydrogens (primary N) is 1. The molecule has 0 atom stereocenters. The molecular formula is C11H13N3O3S. The summed E-state index contributed by atoms with van der Waals surface area (Å²) in [6.07, 6.45) is 0. The van der Waals surface area contributed by atoms with Crippen molar-refractivity contribution in [3.05, 3.63) is 35.7 Å². The first-order valence-corrected chi connectivity index (χ1v) is 6.70. The van der Waals surface area contributed by atoms with E-state index in [9.17, 15) is 8.42 Å². The van der Waals surface area contributed by atoms with Crippen LogP contribution < -0.4 is 10.5 Å². The first-order valence-electron chi connectivity index (χ1n) is 5.21. The molecule has 96 valence electrons. The number of nitrogens with one attached hydrogen (secondary N) is 1. The molecule has 2 aromatic rings. The van der Waals surface area contributed by atoms with Gasteiger partial charge in [0.05, 0.1) is 11.4 Å². The van der Waals surface area contributed by atoms with Crippen molar-refractivity contribution in [3.63, 3.8) is 0 Å². The van der Waals surface area contributed by atoms with Crippen LogP contribution in [0.2, 0.25) is 0 Å². The fourth-order valence-electron chi connectivity index (χ4n) is 1.41. The Morgan fingerprint density at radius 3 is 2.50 bits per heavy atom. The Bertz CT molecular complexity index is 657. The molecule has 6 nitrogen and oxygen atoms in total. The van der Waals surface area contributed by atoms with Crippen LogP contribution in [0.1, 0.15) is 11.5 Å². The van der Waals surface area contributed by atoms with Crippen molar-refractivity contribution in [2.24, 2.45) is 0 Å². The molecule has 0 aliphatic heterocycles. The van der Waals surface area contributed by atoms with Crippen LogP contribution in [0.25, 0.3) is 0 Å². The van der Waals surface area contributed by atoms with Crippen LogP contribution in [-0.2, 0) is 10.0 Å². The number of anilines is 2. The Balaban J connectivity index is 2.36. The van der Waals surface area contributed by atoms with E-state index >= 15 is 0 Å². The molecule has 0 amide bonds. The van der Waals surface area contributed by atoms with Gasteiger partial charge >= 0.3 is 6.01 Å². The monoisotopic (exact) mass is 267 g/mol. The summed E-state index contributed by atoms with van der Waals surface area (Å²) in [5.74, 6) is 0.564. The molecule has 0 aliphatic rings. The molecular weight excluding hydrogens is 254 g/mol. The summed E-state index contributed by atoms with van der Waals surface area (Å²) in [7, 11) is -3.78. The third-order valence-corrected chi connectivity index (χ3v) is 3.85. The minimum Gasteiger partial charge on any atom is -0.428 e. The molecule has 0 radical (unpaired) electrons. The topological polar surface area (TPSA) is 98.2 Å². The highest BCUT2D eigenvalue weighted by Crippen LogP contribution is 2.21.